The summed E-state index contributed by atoms with van der Waals surface area (Å²) in [5.41, 5.74) is 4.58. The molecule has 1 fully saturated rings. The molecule has 0 N–H and O–H groups in total. The molecule has 1 aliphatic heterocycles. The third-order valence-corrected chi connectivity index (χ3v) is 5.30. The van der Waals surface area contributed by atoms with Crippen molar-refractivity contribution in [2.45, 2.75) is 20.4 Å². The highest BCUT2D eigenvalue weighted by Gasteiger charge is 2.18. The fraction of sp³-hybridized carbons (Fsp3) is 0.429. The Kier molecular flexibility index (Phi) is 5.36. The van der Waals surface area contributed by atoms with Gasteiger partial charge in [-0.1, -0.05) is 30.3 Å². The zero-order valence-electron chi connectivity index (χ0n) is 16.0. The molecule has 1 saturated heterocycles. The topological polar surface area (TPSA) is 52.4 Å². The zero-order chi connectivity index (χ0) is 18.6. The maximum Gasteiger partial charge on any atom is 0.226 e. The summed E-state index contributed by atoms with van der Waals surface area (Å²) in [6.45, 7) is 10.1. The van der Waals surface area contributed by atoms with Gasteiger partial charge in [0.1, 0.15) is 18.6 Å². The van der Waals surface area contributed by atoms with Crippen LogP contribution >= 0.6 is 0 Å². The van der Waals surface area contributed by atoms with Crippen molar-refractivity contribution in [2.24, 2.45) is 0 Å². The summed E-state index contributed by atoms with van der Waals surface area (Å²) in [7, 11) is 0. The Labute approximate surface area is 159 Å². The van der Waals surface area contributed by atoms with Crippen LogP contribution in [0.2, 0.25) is 0 Å². The highest BCUT2D eigenvalue weighted by atomic mass is 16.5. The SMILES string of the molecule is Cc1c(C)n(Cc2ccccc2)c2ncnc(OCCN3CCOCC3)c12. The van der Waals surface area contributed by atoms with Gasteiger partial charge in [0.15, 0.2) is 0 Å². The second kappa shape index (κ2) is 8.06. The van der Waals surface area contributed by atoms with Gasteiger partial charge in [-0.05, 0) is 25.0 Å². The minimum absolute atomic E-state index is 0.620. The molecule has 0 atom stereocenters. The number of morpholine rings is 1. The number of ether oxygens (including phenoxy) is 2. The Balaban J connectivity index is 1.56. The number of aromatic nitrogens is 3. The van der Waals surface area contributed by atoms with E-state index in [9.17, 15) is 0 Å². The molecule has 0 bridgehead atoms. The number of nitrogens with zero attached hydrogens (tertiary/aromatic N) is 4. The van der Waals surface area contributed by atoms with Gasteiger partial charge in [-0.25, -0.2) is 9.97 Å². The van der Waals surface area contributed by atoms with Crippen LogP contribution < -0.4 is 4.74 Å². The molecule has 0 unspecified atom stereocenters. The molecule has 6 heteroatoms. The van der Waals surface area contributed by atoms with E-state index in [1.165, 1.54) is 16.8 Å². The van der Waals surface area contributed by atoms with Gasteiger partial charge in [0.05, 0.1) is 18.6 Å². The van der Waals surface area contributed by atoms with E-state index < -0.39 is 0 Å². The van der Waals surface area contributed by atoms with E-state index in [1.807, 2.05) is 6.07 Å². The number of benzene rings is 1. The Bertz CT molecular complexity index is 901. The van der Waals surface area contributed by atoms with Gasteiger partial charge in [0.25, 0.3) is 0 Å². The third-order valence-electron chi connectivity index (χ3n) is 5.30. The molecule has 142 valence electrons. The number of hydrogen-bond acceptors (Lipinski definition) is 5. The number of aryl methyl sites for hydroxylation is 1. The highest BCUT2D eigenvalue weighted by molar-refractivity contribution is 5.86. The summed E-state index contributed by atoms with van der Waals surface area (Å²) in [5, 5.41) is 1.02. The lowest BCUT2D eigenvalue weighted by atomic mass is 10.2. The van der Waals surface area contributed by atoms with E-state index >= 15 is 0 Å². The number of rotatable bonds is 6. The molecular formula is C21H26N4O2. The van der Waals surface area contributed by atoms with Crippen LogP contribution in [0.3, 0.4) is 0 Å². The van der Waals surface area contributed by atoms with Crippen molar-refractivity contribution in [2.75, 3.05) is 39.5 Å². The first-order valence-electron chi connectivity index (χ1n) is 9.51. The summed E-state index contributed by atoms with van der Waals surface area (Å²) in [4.78, 5) is 11.3. The lowest BCUT2D eigenvalue weighted by Crippen LogP contribution is -2.38. The van der Waals surface area contributed by atoms with Crippen molar-refractivity contribution in [1.82, 2.24) is 19.4 Å². The quantitative estimate of drug-likeness (QED) is 0.671. The monoisotopic (exact) mass is 366 g/mol. The summed E-state index contributed by atoms with van der Waals surface area (Å²) >= 11 is 0. The lowest BCUT2D eigenvalue weighted by molar-refractivity contribution is 0.0321. The van der Waals surface area contributed by atoms with Crippen LogP contribution in [0.5, 0.6) is 5.88 Å². The van der Waals surface area contributed by atoms with Crippen molar-refractivity contribution in [3.63, 3.8) is 0 Å². The van der Waals surface area contributed by atoms with E-state index in [1.54, 1.807) is 6.33 Å². The van der Waals surface area contributed by atoms with Crippen molar-refractivity contribution in [3.8, 4) is 5.88 Å². The third kappa shape index (κ3) is 3.82. The molecule has 1 aromatic carbocycles. The van der Waals surface area contributed by atoms with Gasteiger partial charge in [-0.3, -0.25) is 4.90 Å². The Morgan fingerprint density at radius 3 is 2.63 bits per heavy atom. The maximum absolute atomic E-state index is 6.07. The average molecular weight is 366 g/mol. The molecule has 0 saturated carbocycles. The maximum atomic E-state index is 6.07. The predicted octanol–water partition coefficient (Wildman–Crippen LogP) is 2.81. The van der Waals surface area contributed by atoms with Crippen molar-refractivity contribution in [3.05, 3.63) is 53.5 Å². The van der Waals surface area contributed by atoms with Crippen LogP contribution in [0, 0.1) is 13.8 Å². The molecule has 1 aliphatic rings. The molecule has 0 spiro atoms. The normalized spacial score (nSPS) is 15.3. The smallest absolute Gasteiger partial charge is 0.226 e. The van der Waals surface area contributed by atoms with Gasteiger partial charge in [-0.15, -0.1) is 0 Å². The standard InChI is InChI=1S/C21H26N4O2/c1-16-17(2)25(14-18-6-4-3-5-7-18)20-19(16)21(23-15-22-20)27-13-10-24-8-11-26-12-9-24/h3-7,15H,8-14H2,1-2H3. The molecule has 4 rings (SSSR count). The molecule has 3 aromatic rings. The minimum Gasteiger partial charge on any atom is -0.476 e. The van der Waals surface area contributed by atoms with E-state index in [4.69, 9.17) is 9.47 Å². The van der Waals surface area contributed by atoms with E-state index in [2.05, 4.69) is 57.5 Å². The van der Waals surface area contributed by atoms with Crippen LogP contribution in [-0.4, -0.2) is 58.9 Å². The summed E-state index contributed by atoms with van der Waals surface area (Å²) < 4.78 is 13.7. The van der Waals surface area contributed by atoms with Crippen LogP contribution in [0.1, 0.15) is 16.8 Å². The first-order chi connectivity index (χ1) is 13.2. The molecule has 0 radical (unpaired) electrons. The van der Waals surface area contributed by atoms with Crippen LogP contribution in [0.25, 0.3) is 11.0 Å². The predicted molar refractivity (Wildman–Crippen MR) is 105 cm³/mol. The molecule has 3 heterocycles. The molecule has 0 amide bonds. The molecule has 2 aromatic heterocycles. The molecule has 0 aliphatic carbocycles. The lowest BCUT2D eigenvalue weighted by Gasteiger charge is -2.26. The summed E-state index contributed by atoms with van der Waals surface area (Å²) in [6, 6.07) is 10.5. The largest absolute Gasteiger partial charge is 0.476 e. The van der Waals surface area contributed by atoms with E-state index in [-0.39, 0.29) is 0 Å². The van der Waals surface area contributed by atoms with Gasteiger partial charge in [-0.2, -0.15) is 0 Å². The second-order valence-corrected chi connectivity index (χ2v) is 6.96. The Morgan fingerprint density at radius 1 is 1.07 bits per heavy atom. The van der Waals surface area contributed by atoms with Gasteiger partial charge in [0.2, 0.25) is 5.88 Å². The van der Waals surface area contributed by atoms with E-state index in [0.29, 0.717) is 12.5 Å². The van der Waals surface area contributed by atoms with Crippen LogP contribution in [0.15, 0.2) is 36.7 Å². The first-order valence-corrected chi connectivity index (χ1v) is 9.51. The molecule has 27 heavy (non-hydrogen) atoms. The van der Waals surface area contributed by atoms with Gasteiger partial charge >= 0.3 is 0 Å². The molecule has 6 nitrogen and oxygen atoms in total. The Morgan fingerprint density at radius 2 is 1.85 bits per heavy atom. The van der Waals surface area contributed by atoms with Crippen molar-refractivity contribution >= 4 is 11.0 Å². The zero-order valence-corrected chi connectivity index (χ0v) is 16.0. The van der Waals surface area contributed by atoms with Crippen LogP contribution in [0.4, 0.5) is 0 Å². The minimum atomic E-state index is 0.620. The fourth-order valence-corrected chi connectivity index (χ4v) is 3.60. The fourth-order valence-electron chi connectivity index (χ4n) is 3.60. The Hall–Kier alpha value is -2.44. The number of fused-ring (bicyclic) bond motifs is 1. The van der Waals surface area contributed by atoms with Crippen molar-refractivity contribution in [1.29, 1.82) is 0 Å². The average Bonchev–Trinajstić information content (AvgIpc) is 2.95. The van der Waals surface area contributed by atoms with Crippen LogP contribution in [-0.2, 0) is 11.3 Å². The van der Waals surface area contributed by atoms with Gasteiger partial charge < -0.3 is 14.0 Å². The van der Waals surface area contributed by atoms with Crippen molar-refractivity contribution < 1.29 is 9.47 Å². The van der Waals surface area contributed by atoms with E-state index in [0.717, 1.165) is 50.4 Å². The highest BCUT2D eigenvalue weighted by Crippen LogP contribution is 2.30. The molecular weight excluding hydrogens is 340 g/mol. The van der Waals surface area contributed by atoms with Gasteiger partial charge in [0, 0.05) is 31.9 Å². The summed E-state index contributed by atoms with van der Waals surface area (Å²) in [5.74, 6) is 0.681. The first kappa shape index (κ1) is 17.9. The second-order valence-electron chi connectivity index (χ2n) is 6.96. The number of hydrogen-bond donors (Lipinski definition) is 0. The summed E-state index contributed by atoms with van der Waals surface area (Å²) in [6.07, 6.45) is 1.60.